The fourth-order valence-electron chi connectivity index (χ4n) is 3.36. The summed E-state index contributed by atoms with van der Waals surface area (Å²) in [4.78, 5) is 23.7. The number of carbonyl (C=O) groups excluding carboxylic acids is 1. The van der Waals surface area contributed by atoms with E-state index in [1.54, 1.807) is 24.3 Å². The number of hydrogen-bond acceptors (Lipinski definition) is 4. The van der Waals surface area contributed by atoms with Crippen LogP contribution in [0.3, 0.4) is 0 Å². The molecule has 1 aliphatic carbocycles. The average molecular weight is 319 g/mol. The van der Waals surface area contributed by atoms with Gasteiger partial charge >= 0.3 is 5.97 Å². The molecule has 0 spiro atoms. The number of carboxylic acids is 1. The van der Waals surface area contributed by atoms with Crippen molar-refractivity contribution < 1.29 is 24.2 Å². The Morgan fingerprint density at radius 2 is 1.91 bits per heavy atom. The van der Waals surface area contributed by atoms with Crippen LogP contribution in [0.4, 0.5) is 0 Å². The quantitative estimate of drug-likeness (QED) is 0.864. The lowest BCUT2D eigenvalue weighted by Gasteiger charge is -2.31. The molecule has 6 nitrogen and oxygen atoms in total. The number of nitrogens with one attached hydrogen (secondary N) is 1. The summed E-state index contributed by atoms with van der Waals surface area (Å²) in [7, 11) is 0. The van der Waals surface area contributed by atoms with Crippen LogP contribution in [-0.2, 0) is 14.3 Å². The van der Waals surface area contributed by atoms with E-state index in [1.165, 1.54) is 0 Å². The summed E-state index contributed by atoms with van der Waals surface area (Å²) in [5.41, 5.74) is 0.468. The van der Waals surface area contributed by atoms with Crippen molar-refractivity contribution in [2.24, 2.45) is 5.92 Å². The van der Waals surface area contributed by atoms with Gasteiger partial charge in [0.1, 0.15) is 12.8 Å². The second-order valence-corrected chi connectivity index (χ2v) is 6.17. The van der Waals surface area contributed by atoms with Crippen molar-refractivity contribution in [1.82, 2.24) is 5.32 Å². The van der Waals surface area contributed by atoms with Gasteiger partial charge in [0.25, 0.3) is 5.91 Å². The van der Waals surface area contributed by atoms with Gasteiger partial charge in [-0.2, -0.15) is 0 Å². The fraction of sp³-hybridized carbons (Fsp3) is 0.529. The van der Waals surface area contributed by atoms with Crippen molar-refractivity contribution in [2.75, 3.05) is 6.79 Å². The Labute approximate surface area is 134 Å². The van der Waals surface area contributed by atoms with Gasteiger partial charge in [0.2, 0.25) is 0 Å². The highest BCUT2D eigenvalue weighted by molar-refractivity contribution is 5.96. The molecule has 2 fully saturated rings. The predicted octanol–water partition coefficient (Wildman–Crippen LogP) is 1.80. The lowest BCUT2D eigenvalue weighted by Crippen LogP contribution is -2.43. The molecule has 6 heteroatoms. The Kier molecular flexibility index (Phi) is 4.93. The number of ether oxygens (including phenoxy) is 2. The first-order chi connectivity index (χ1) is 11.1. The molecule has 2 aliphatic rings. The molecule has 1 saturated carbocycles. The summed E-state index contributed by atoms with van der Waals surface area (Å²) >= 11 is 0. The highest BCUT2D eigenvalue weighted by atomic mass is 16.7. The standard InChI is InChI=1S/C17H21NO5/c19-16(12-4-2-1-3-5-12)18-13(17(20)21)8-11-6-7-14-15(9-11)23-10-22-14/h1-5,11,13-15H,6-10H2,(H,18,19)(H,20,21)/t11-,13-,14-,15-/m1/s1. The van der Waals surface area contributed by atoms with Gasteiger partial charge in [0, 0.05) is 5.56 Å². The van der Waals surface area contributed by atoms with Crippen molar-refractivity contribution >= 4 is 11.9 Å². The monoisotopic (exact) mass is 319 g/mol. The van der Waals surface area contributed by atoms with Gasteiger partial charge in [-0.05, 0) is 43.7 Å². The molecule has 23 heavy (non-hydrogen) atoms. The molecule has 0 aromatic heterocycles. The number of carbonyl (C=O) groups is 2. The molecule has 4 atom stereocenters. The van der Waals surface area contributed by atoms with Crippen LogP contribution in [0, 0.1) is 5.92 Å². The van der Waals surface area contributed by atoms with Crippen LogP contribution in [0.25, 0.3) is 0 Å². The van der Waals surface area contributed by atoms with Crippen LogP contribution in [0.1, 0.15) is 36.0 Å². The SMILES string of the molecule is O=C(N[C@H](C[C@H]1CC[C@H]2OCO[C@@H]2C1)C(=O)O)c1ccccc1. The van der Waals surface area contributed by atoms with Crippen LogP contribution in [0.15, 0.2) is 30.3 Å². The van der Waals surface area contributed by atoms with Gasteiger partial charge in [-0.3, -0.25) is 4.79 Å². The molecule has 1 aliphatic heterocycles. The van der Waals surface area contributed by atoms with E-state index in [2.05, 4.69) is 5.32 Å². The van der Waals surface area contributed by atoms with Crippen molar-refractivity contribution in [2.45, 2.75) is 43.9 Å². The molecule has 0 radical (unpaired) electrons. The topological polar surface area (TPSA) is 84.9 Å². The Hall–Kier alpha value is -1.92. The summed E-state index contributed by atoms with van der Waals surface area (Å²) in [6.07, 6.45) is 3.20. The van der Waals surface area contributed by atoms with Gasteiger partial charge < -0.3 is 19.9 Å². The summed E-state index contributed by atoms with van der Waals surface area (Å²) in [6.45, 7) is 0.329. The smallest absolute Gasteiger partial charge is 0.326 e. The highest BCUT2D eigenvalue weighted by Crippen LogP contribution is 2.34. The van der Waals surface area contributed by atoms with Gasteiger partial charge in [-0.25, -0.2) is 4.79 Å². The van der Waals surface area contributed by atoms with Crippen molar-refractivity contribution in [3.05, 3.63) is 35.9 Å². The predicted molar refractivity (Wildman–Crippen MR) is 81.9 cm³/mol. The maximum Gasteiger partial charge on any atom is 0.326 e. The summed E-state index contributed by atoms with van der Waals surface area (Å²) < 4.78 is 11.0. The van der Waals surface area contributed by atoms with E-state index in [-0.39, 0.29) is 24.0 Å². The molecule has 2 N–H and O–H groups in total. The number of rotatable bonds is 5. The van der Waals surface area contributed by atoms with Crippen molar-refractivity contribution in [3.63, 3.8) is 0 Å². The summed E-state index contributed by atoms with van der Waals surface area (Å²) in [5.74, 6) is -1.14. The van der Waals surface area contributed by atoms with E-state index in [1.807, 2.05) is 6.07 Å². The highest BCUT2D eigenvalue weighted by Gasteiger charge is 2.37. The minimum Gasteiger partial charge on any atom is -0.480 e. The third-order valence-electron chi connectivity index (χ3n) is 4.61. The molecule has 3 rings (SSSR count). The molecule has 1 amide bonds. The first-order valence-corrected chi connectivity index (χ1v) is 7.95. The molecule has 1 heterocycles. The van der Waals surface area contributed by atoms with E-state index >= 15 is 0 Å². The van der Waals surface area contributed by atoms with Gasteiger partial charge in [0.05, 0.1) is 12.2 Å². The molecule has 1 aromatic rings. The van der Waals surface area contributed by atoms with Gasteiger partial charge in [-0.15, -0.1) is 0 Å². The van der Waals surface area contributed by atoms with E-state index in [0.29, 0.717) is 18.8 Å². The van der Waals surface area contributed by atoms with Crippen molar-refractivity contribution in [3.8, 4) is 0 Å². The maximum atomic E-state index is 12.2. The van der Waals surface area contributed by atoms with E-state index in [4.69, 9.17) is 9.47 Å². The normalized spacial score (nSPS) is 27.9. The van der Waals surface area contributed by atoms with Gasteiger partial charge in [-0.1, -0.05) is 18.2 Å². The molecule has 0 bridgehead atoms. The zero-order chi connectivity index (χ0) is 16.2. The van der Waals surface area contributed by atoms with Crippen LogP contribution >= 0.6 is 0 Å². The molecular formula is C17H21NO5. The first kappa shape index (κ1) is 16.0. The zero-order valence-electron chi connectivity index (χ0n) is 12.8. The third-order valence-corrected chi connectivity index (χ3v) is 4.61. The Bertz CT molecular complexity index is 561. The number of hydrogen-bond donors (Lipinski definition) is 2. The Morgan fingerprint density at radius 3 is 2.65 bits per heavy atom. The molecular weight excluding hydrogens is 298 g/mol. The van der Waals surface area contributed by atoms with Crippen molar-refractivity contribution in [1.29, 1.82) is 0 Å². The number of benzene rings is 1. The molecule has 0 unspecified atom stereocenters. The first-order valence-electron chi connectivity index (χ1n) is 7.95. The minimum absolute atomic E-state index is 0.0630. The van der Waals surface area contributed by atoms with E-state index in [0.717, 1.165) is 19.3 Å². The number of amides is 1. The Morgan fingerprint density at radius 1 is 1.17 bits per heavy atom. The molecule has 1 aromatic carbocycles. The number of fused-ring (bicyclic) bond motifs is 1. The lowest BCUT2D eigenvalue weighted by atomic mass is 9.81. The number of aliphatic carboxylic acids is 1. The largest absolute Gasteiger partial charge is 0.480 e. The average Bonchev–Trinajstić information content (AvgIpc) is 3.02. The second kappa shape index (κ2) is 7.10. The van der Waals surface area contributed by atoms with Gasteiger partial charge in [0.15, 0.2) is 0 Å². The van der Waals surface area contributed by atoms with E-state index < -0.39 is 12.0 Å². The molecule has 1 saturated heterocycles. The summed E-state index contributed by atoms with van der Waals surface area (Å²) in [5, 5.41) is 12.0. The third kappa shape index (κ3) is 3.89. The van der Waals surface area contributed by atoms with Crippen LogP contribution in [-0.4, -0.2) is 42.0 Å². The zero-order valence-corrected chi connectivity index (χ0v) is 12.8. The summed E-state index contributed by atoms with van der Waals surface area (Å²) in [6, 6.07) is 7.78. The minimum atomic E-state index is -1.00. The second-order valence-electron chi connectivity index (χ2n) is 6.17. The number of carboxylic acid groups (broad SMARTS) is 1. The van der Waals surface area contributed by atoms with E-state index in [9.17, 15) is 14.7 Å². The van der Waals surface area contributed by atoms with Crippen LogP contribution in [0.2, 0.25) is 0 Å². The Balaban J connectivity index is 1.59. The maximum absolute atomic E-state index is 12.2. The fourth-order valence-corrected chi connectivity index (χ4v) is 3.36. The molecule has 124 valence electrons. The van der Waals surface area contributed by atoms with Crippen LogP contribution in [0.5, 0.6) is 0 Å². The van der Waals surface area contributed by atoms with Crippen LogP contribution < -0.4 is 5.32 Å². The lowest BCUT2D eigenvalue weighted by molar-refractivity contribution is -0.139.